The Balaban J connectivity index is 3.40. The normalized spacial score (nSPS) is 13.5. The highest BCUT2D eigenvalue weighted by Crippen LogP contribution is 2.37. The van der Waals surface area contributed by atoms with Crippen molar-refractivity contribution >= 4 is 0 Å². The van der Waals surface area contributed by atoms with Crippen molar-refractivity contribution in [2.75, 3.05) is 28.3 Å². The van der Waals surface area contributed by atoms with Crippen LogP contribution < -0.4 is 15.2 Å². The standard InChI is InChI=1S/C15H26N2O2/c1-10-8-12(18-6)13(19-7)9-11(10)14(17(4)5)15(2,3)16/h8-9,14H,16H2,1-7H3. The number of aryl methyl sites for hydroxylation is 1. The molecule has 1 aromatic carbocycles. The van der Waals surface area contributed by atoms with Crippen LogP contribution in [0.5, 0.6) is 11.5 Å². The Labute approximate surface area is 116 Å². The molecule has 0 aliphatic rings. The fourth-order valence-corrected chi connectivity index (χ4v) is 2.64. The molecule has 0 saturated carbocycles. The van der Waals surface area contributed by atoms with Crippen LogP contribution in [0, 0.1) is 6.92 Å². The average Bonchev–Trinajstić information content (AvgIpc) is 2.28. The van der Waals surface area contributed by atoms with Crippen molar-refractivity contribution in [3.05, 3.63) is 23.3 Å². The number of ether oxygens (including phenoxy) is 2. The van der Waals surface area contributed by atoms with E-state index in [9.17, 15) is 0 Å². The van der Waals surface area contributed by atoms with Gasteiger partial charge < -0.3 is 20.1 Å². The third kappa shape index (κ3) is 3.39. The molecule has 1 unspecified atom stereocenters. The van der Waals surface area contributed by atoms with Crippen LogP contribution in [0.1, 0.15) is 31.0 Å². The van der Waals surface area contributed by atoms with Crippen LogP contribution in [-0.4, -0.2) is 38.8 Å². The number of hydrogen-bond acceptors (Lipinski definition) is 4. The molecule has 0 saturated heterocycles. The summed E-state index contributed by atoms with van der Waals surface area (Å²) in [5.74, 6) is 1.48. The van der Waals surface area contributed by atoms with Crippen LogP contribution in [0.15, 0.2) is 12.1 Å². The number of rotatable bonds is 5. The van der Waals surface area contributed by atoms with E-state index in [1.807, 2.05) is 40.1 Å². The smallest absolute Gasteiger partial charge is 0.161 e. The maximum atomic E-state index is 6.33. The third-order valence-corrected chi connectivity index (χ3v) is 3.29. The molecule has 1 rings (SSSR count). The molecule has 0 aliphatic carbocycles. The van der Waals surface area contributed by atoms with Crippen LogP contribution in [0.4, 0.5) is 0 Å². The first-order valence-corrected chi connectivity index (χ1v) is 6.40. The Kier molecular flexibility index (Phi) is 4.82. The van der Waals surface area contributed by atoms with Crippen LogP contribution in [0.25, 0.3) is 0 Å². The molecule has 19 heavy (non-hydrogen) atoms. The number of hydrogen-bond donors (Lipinski definition) is 1. The first-order chi connectivity index (χ1) is 8.72. The summed E-state index contributed by atoms with van der Waals surface area (Å²) in [6.45, 7) is 6.14. The zero-order valence-corrected chi connectivity index (χ0v) is 13.1. The number of nitrogens with two attached hydrogens (primary N) is 1. The number of nitrogens with zero attached hydrogens (tertiary/aromatic N) is 1. The van der Waals surface area contributed by atoms with E-state index in [1.165, 1.54) is 0 Å². The summed E-state index contributed by atoms with van der Waals surface area (Å²) in [7, 11) is 7.37. The van der Waals surface area contributed by atoms with Gasteiger partial charge in [0.1, 0.15) is 0 Å². The molecule has 2 N–H and O–H groups in total. The molecule has 0 bridgehead atoms. The summed E-state index contributed by atoms with van der Waals surface area (Å²) < 4.78 is 10.7. The van der Waals surface area contributed by atoms with Gasteiger partial charge in [-0.05, 0) is 58.1 Å². The van der Waals surface area contributed by atoms with Gasteiger partial charge in [-0.2, -0.15) is 0 Å². The average molecular weight is 266 g/mol. The molecule has 1 atom stereocenters. The van der Waals surface area contributed by atoms with Gasteiger partial charge in [-0.1, -0.05) is 0 Å². The van der Waals surface area contributed by atoms with Crippen molar-refractivity contribution in [1.29, 1.82) is 0 Å². The van der Waals surface area contributed by atoms with E-state index in [2.05, 4.69) is 11.8 Å². The van der Waals surface area contributed by atoms with Gasteiger partial charge in [0.05, 0.1) is 20.3 Å². The summed E-state index contributed by atoms with van der Waals surface area (Å²) in [5.41, 5.74) is 8.29. The minimum absolute atomic E-state index is 0.104. The number of benzene rings is 1. The summed E-state index contributed by atoms with van der Waals surface area (Å²) >= 11 is 0. The van der Waals surface area contributed by atoms with Gasteiger partial charge in [0.25, 0.3) is 0 Å². The van der Waals surface area contributed by atoms with E-state index in [4.69, 9.17) is 15.2 Å². The lowest BCUT2D eigenvalue weighted by atomic mass is 9.86. The van der Waals surface area contributed by atoms with Gasteiger partial charge in [0, 0.05) is 5.54 Å². The van der Waals surface area contributed by atoms with Crippen molar-refractivity contribution in [3.8, 4) is 11.5 Å². The summed E-state index contributed by atoms with van der Waals surface area (Å²) in [5, 5.41) is 0. The quantitative estimate of drug-likeness (QED) is 0.888. The highest BCUT2D eigenvalue weighted by atomic mass is 16.5. The summed E-state index contributed by atoms with van der Waals surface area (Å²) in [6.07, 6.45) is 0. The molecule has 0 amide bonds. The first-order valence-electron chi connectivity index (χ1n) is 6.40. The molecule has 4 nitrogen and oxygen atoms in total. The van der Waals surface area contributed by atoms with Crippen LogP contribution in [0.3, 0.4) is 0 Å². The molecule has 0 spiro atoms. The lowest BCUT2D eigenvalue weighted by Crippen LogP contribution is -2.46. The molecule has 108 valence electrons. The van der Waals surface area contributed by atoms with Crippen LogP contribution >= 0.6 is 0 Å². The number of likely N-dealkylation sites (N-methyl/N-ethyl adjacent to an activating group) is 1. The Morgan fingerprint density at radius 2 is 1.58 bits per heavy atom. The zero-order chi connectivity index (χ0) is 14.8. The molecule has 4 heteroatoms. The first kappa shape index (κ1) is 15.8. The van der Waals surface area contributed by atoms with Crippen molar-refractivity contribution in [2.45, 2.75) is 32.4 Å². The minimum atomic E-state index is -0.353. The SMILES string of the molecule is COc1cc(C)c(C(N(C)C)C(C)(C)N)cc1OC. The zero-order valence-electron chi connectivity index (χ0n) is 13.1. The molecule has 0 radical (unpaired) electrons. The van der Waals surface area contributed by atoms with E-state index in [1.54, 1.807) is 14.2 Å². The highest BCUT2D eigenvalue weighted by molar-refractivity contribution is 5.48. The number of methoxy groups -OCH3 is 2. The highest BCUT2D eigenvalue weighted by Gasteiger charge is 2.30. The Bertz CT molecular complexity index is 437. The molecule has 0 aromatic heterocycles. The Morgan fingerprint density at radius 3 is 1.95 bits per heavy atom. The summed E-state index contributed by atoms with van der Waals surface area (Å²) in [4.78, 5) is 2.13. The molecule has 0 aliphatic heterocycles. The largest absolute Gasteiger partial charge is 0.493 e. The predicted octanol–water partition coefficient (Wildman–Crippen LogP) is 2.35. The van der Waals surface area contributed by atoms with Crippen LogP contribution in [0.2, 0.25) is 0 Å². The summed E-state index contributed by atoms with van der Waals surface area (Å²) in [6, 6.07) is 4.12. The van der Waals surface area contributed by atoms with E-state index < -0.39 is 0 Å². The molecular formula is C15H26N2O2. The van der Waals surface area contributed by atoms with Gasteiger partial charge in [0.2, 0.25) is 0 Å². The van der Waals surface area contributed by atoms with E-state index in [-0.39, 0.29) is 11.6 Å². The topological polar surface area (TPSA) is 47.7 Å². The molecule has 0 heterocycles. The van der Waals surface area contributed by atoms with Gasteiger partial charge in [-0.25, -0.2) is 0 Å². The Morgan fingerprint density at radius 1 is 1.11 bits per heavy atom. The minimum Gasteiger partial charge on any atom is -0.493 e. The van der Waals surface area contributed by atoms with Gasteiger partial charge in [-0.15, -0.1) is 0 Å². The molecular weight excluding hydrogens is 240 g/mol. The fraction of sp³-hybridized carbons (Fsp3) is 0.600. The maximum absolute atomic E-state index is 6.33. The molecule has 0 fully saturated rings. The predicted molar refractivity (Wildman–Crippen MR) is 79.0 cm³/mol. The third-order valence-electron chi connectivity index (χ3n) is 3.29. The van der Waals surface area contributed by atoms with E-state index in [0.29, 0.717) is 0 Å². The van der Waals surface area contributed by atoms with Crippen molar-refractivity contribution in [3.63, 3.8) is 0 Å². The van der Waals surface area contributed by atoms with E-state index >= 15 is 0 Å². The second kappa shape index (κ2) is 5.80. The second-order valence-electron chi connectivity index (χ2n) is 5.75. The lowest BCUT2D eigenvalue weighted by molar-refractivity contribution is 0.203. The van der Waals surface area contributed by atoms with Gasteiger partial charge in [0.15, 0.2) is 11.5 Å². The van der Waals surface area contributed by atoms with Gasteiger partial charge in [-0.3, -0.25) is 0 Å². The van der Waals surface area contributed by atoms with Gasteiger partial charge >= 0.3 is 0 Å². The maximum Gasteiger partial charge on any atom is 0.161 e. The van der Waals surface area contributed by atoms with E-state index in [0.717, 1.165) is 22.6 Å². The van der Waals surface area contributed by atoms with Crippen molar-refractivity contribution in [1.82, 2.24) is 4.90 Å². The second-order valence-corrected chi connectivity index (χ2v) is 5.75. The van der Waals surface area contributed by atoms with Crippen molar-refractivity contribution < 1.29 is 9.47 Å². The van der Waals surface area contributed by atoms with Crippen molar-refractivity contribution in [2.24, 2.45) is 5.73 Å². The molecule has 1 aromatic rings. The lowest BCUT2D eigenvalue weighted by Gasteiger charge is -2.37. The van der Waals surface area contributed by atoms with Crippen LogP contribution in [-0.2, 0) is 0 Å². The Hall–Kier alpha value is -1.26. The monoisotopic (exact) mass is 266 g/mol. The fourth-order valence-electron chi connectivity index (χ4n) is 2.64.